The van der Waals surface area contributed by atoms with Crippen molar-refractivity contribution in [1.29, 1.82) is 0 Å². The van der Waals surface area contributed by atoms with Gasteiger partial charge in [0.25, 0.3) is 0 Å². The molecule has 0 spiro atoms. The summed E-state index contributed by atoms with van der Waals surface area (Å²) in [6, 6.07) is 12.5. The lowest BCUT2D eigenvalue weighted by atomic mass is 10.00. The number of pyridine rings is 1. The summed E-state index contributed by atoms with van der Waals surface area (Å²) < 4.78 is 0. The molecule has 0 amide bonds. The van der Waals surface area contributed by atoms with Gasteiger partial charge in [0.15, 0.2) is 0 Å². The van der Waals surface area contributed by atoms with E-state index in [1.807, 2.05) is 24.4 Å². The fourth-order valence-electron chi connectivity index (χ4n) is 2.08. The van der Waals surface area contributed by atoms with Crippen molar-refractivity contribution in [2.24, 2.45) is 0 Å². The van der Waals surface area contributed by atoms with E-state index in [-0.39, 0.29) is 0 Å². The number of rotatable bonds is 6. The van der Waals surface area contributed by atoms with Crippen molar-refractivity contribution >= 4 is 11.6 Å². The molecular weight excluding hydrogens is 256 g/mol. The van der Waals surface area contributed by atoms with Gasteiger partial charge in [-0.15, -0.1) is 0 Å². The molecule has 100 valence electrons. The van der Waals surface area contributed by atoms with Crippen molar-refractivity contribution in [3.63, 3.8) is 0 Å². The molecule has 0 aliphatic carbocycles. The third-order valence-corrected chi connectivity index (χ3v) is 3.33. The Morgan fingerprint density at radius 2 is 2.00 bits per heavy atom. The average Bonchev–Trinajstić information content (AvgIpc) is 2.45. The van der Waals surface area contributed by atoms with Gasteiger partial charge in [-0.25, -0.2) is 0 Å². The maximum atomic E-state index is 5.95. The number of hydrogen-bond donors (Lipinski definition) is 1. The standard InChI is InChI=1S/C16H19ClN2/c1-2-9-19-16(11-13-4-3-10-18-12-13)14-5-7-15(17)8-6-14/h3-8,10,12,16,19H,2,9,11H2,1H3. The van der Waals surface area contributed by atoms with Crippen molar-refractivity contribution in [3.05, 3.63) is 64.9 Å². The molecular formula is C16H19ClN2. The van der Waals surface area contributed by atoms with Crippen molar-refractivity contribution in [1.82, 2.24) is 10.3 Å². The van der Waals surface area contributed by atoms with Crippen LogP contribution in [0.25, 0.3) is 0 Å². The summed E-state index contributed by atoms with van der Waals surface area (Å²) in [6.07, 6.45) is 5.80. The average molecular weight is 275 g/mol. The Morgan fingerprint density at radius 1 is 1.21 bits per heavy atom. The highest BCUT2D eigenvalue weighted by Gasteiger charge is 2.11. The topological polar surface area (TPSA) is 24.9 Å². The molecule has 0 bridgehead atoms. The molecule has 1 atom stereocenters. The van der Waals surface area contributed by atoms with Crippen molar-refractivity contribution in [2.45, 2.75) is 25.8 Å². The van der Waals surface area contributed by atoms with E-state index in [9.17, 15) is 0 Å². The zero-order valence-corrected chi connectivity index (χ0v) is 11.9. The molecule has 0 fully saturated rings. The van der Waals surface area contributed by atoms with Gasteiger partial charge < -0.3 is 5.32 Å². The highest BCUT2D eigenvalue weighted by atomic mass is 35.5. The summed E-state index contributed by atoms with van der Waals surface area (Å²) in [5.74, 6) is 0. The maximum absolute atomic E-state index is 5.95. The van der Waals surface area contributed by atoms with Crippen molar-refractivity contribution in [2.75, 3.05) is 6.54 Å². The predicted molar refractivity (Wildman–Crippen MR) is 80.4 cm³/mol. The minimum atomic E-state index is 0.307. The van der Waals surface area contributed by atoms with Crippen LogP contribution in [0.15, 0.2) is 48.8 Å². The molecule has 3 heteroatoms. The quantitative estimate of drug-likeness (QED) is 0.861. The molecule has 0 saturated heterocycles. The summed E-state index contributed by atoms with van der Waals surface area (Å²) in [5.41, 5.74) is 2.51. The van der Waals surface area contributed by atoms with Gasteiger partial charge in [-0.2, -0.15) is 0 Å². The fourth-order valence-corrected chi connectivity index (χ4v) is 2.20. The molecule has 1 aromatic heterocycles. The Bertz CT molecular complexity index is 482. The number of benzene rings is 1. The van der Waals surface area contributed by atoms with Gasteiger partial charge in [-0.1, -0.05) is 36.7 Å². The van der Waals surface area contributed by atoms with Crippen LogP contribution in [0, 0.1) is 0 Å². The van der Waals surface area contributed by atoms with E-state index in [1.54, 1.807) is 6.20 Å². The smallest absolute Gasteiger partial charge is 0.0406 e. The van der Waals surface area contributed by atoms with Crippen LogP contribution in [-0.4, -0.2) is 11.5 Å². The molecule has 1 N–H and O–H groups in total. The maximum Gasteiger partial charge on any atom is 0.0406 e. The van der Waals surface area contributed by atoms with Crippen LogP contribution in [0.4, 0.5) is 0 Å². The van der Waals surface area contributed by atoms with Crippen molar-refractivity contribution < 1.29 is 0 Å². The van der Waals surface area contributed by atoms with Crippen molar-refractivity contribution in [3.8, 4) is 0 Å². The third-order valence-electron chi connectivity index (χ3n) is 3.08. The minimum Gasteiger partial charge on any atom is -0.310 e. The van der Waals surface area contributed by atoms with Crippen LogP contribution in [-0.2, 0) is 6.42 Å². The highest BCUT2D eigenvalue weighted by Crippen LogP contribution is 2.20. The van der Waals surface area contributed by atoms with E-state index >= 15 is 0 Å². The van der Waals surface area contributed by atoms with Crippen LogP contribution in [0.1, 0.15) is 30.5 Å². The van der Waals surface area contributed by atoms with Gasteiger partial charge in [0.05, 0.1) is 0 Å². The normalized spacial score (nSPS) is 12.3. The second kappa shape index (κ2) is 7.27. The number of hydrogen-bond acceptors (Lipinski definition) is 2. The SMILES string of the molecule is CCCNC(Cc1cccnc1)c1ccc(Cl)cc1. The molecule has 0 aliphatic heterocycles. The summed E-state index contributed by atoms with van der Waals surface area (Å²) in [4.78, 5) is 4.18. The van der Waals surface area contributed by atoms with Gasteiger partial charge in [0.2, 0.25) is 0 Å². The van der Waals surface area contributed by atoms with E-state index in [2.05, 4.69) is 35.4 Å². The zero-order chi connectivity index (χ0) is 13.5. The highest BCUT2D eigenvalue weighted by molar-refractivity contribution is 6.30. The van der Waals surface area contributed by atoms with Crippen LogP contribution < -0.4 is 5.32 Å². The van der Waals surface area contributed by atoms with Crippen LogP contribution in [0.3, 0.4) is 0 Å². The van der Waals surface area contributed by atoms with Gasteiger partial charge >= 0.3 is 0 Å². The number of nitrogens with one attached hydrogen (secondary N) is 1. The summed E-state index contributed by atoms with van der Waals surface area (Å²) in [7, 11) is 0. The largest absolute Gasteiger partial charge is 0.310 e. The van der Waals surface area contributed by atoms with E-state index < -0.39 is 0 Å². The first-order valence-corrected chi connectivity index (χ1v) is 7.05. The van der Waals surface area contributed by atoms with Crippen LogP contribution in [0.2, 0.25) is 5.02 Å². The lowest BCUT2D eigenvalue weighted by Gasteiger charge is -2.19. The molecule has 0 saturated carbocycles. The Morgan fingerprint density at radius 3 is 2.63 bits per heavy atom. The number of halogens is 1. The Hall–Kier alpha value is -1.38. The van der Waals surface area contributed by atoms with E-state index in [0.29, 0.717) is 6.04 Å². The second-order valence-electron chi connectivity index (χ2n) is 4.62. The molecule has 2 nitrogen and oxygen atoms in total. The molecule has 0 aliphatic rings. The van der Waals surface area contributed by atoms with Crippen LogP contribution in [0.5, 0.6) is 0 Å². The van der Waals surface area contributed by atoms with Gasteiger partial charge in [0, 0.05) is 23.5 Å². The molecule has 1 heterocycles. The Labute approximate surface area is 119 Å². The first kappa shape index (κ1) is 14.0. The monoisotopic (exact) mass is 274 g/mol. The fraction of sp³-hybridized carbons (Fsp3) is 0.312. The first-order chi connectivity index (χ1) is 9.29. The Balaban J connectivity index is 2.13. The minimum absolute atomic E-state index is 0.307. The second-order valence-corrected chi connectivity index (χ2v) is 5.06. The lowest BCUT2D eigenvalue weighted by Crippen LogP contribution is -2.24. The van der Waals surface area contributed by atoms with Gasteiger partial charge in [-0.3, -0.25) is 4.98 Å². The molecule has 2 aromatic rings. The Kier molecular flexibility index (Phi) is 5.37. The van der Waals surface area contributed by atoms with E-state index in [1.165, 1.54) is 11.1 Å². The predicted octanol–water partition coefficient (Wildman–Crippen LogP) is 4.02. The van der Waals surface area contributed by atoms with Gasteiger partial charge in [-0.05, 0) is 48.7 Å². The first-order valence-electron chi connectivity index (χ1n) is 6.67. The van der Waals surface area contributed by atoms with Gasteiger partial charge in [0.1, 0.15) is 0 Å². The summed E-state index contributed by atoms with van der Waals surface area (Å²) in [5, 5.41) is 4.36. The molecule has 1 aromatic carbocycles. The molecule has 1 unspecified atom stereocenters. The molecule has 0 radical (unpaired) electrons. The lowest BCUT2D eigenvalue weighted by molar-refractivity contribution is 0.529. The number of aromatic nitrogens is 1. The molecule has 19 heavy (non-hydrogen) atoms. The van der Waals surface area contributed by atoms with E-state index in [4.69, 9.17) is 11.6 Å². The summed E-state index contributed by atoms with van der Waals surface area (Å²) in [6.45, 7) is 3.18. The number of nitrogens with zero attached hydrogens (tertiary/aromatic N) is 1. The van der Waals surface area contributed by atoms with Crippen LogP contribution >= 0.6 is 11.6 Å². The summed E-state index contributed by atoms with van der Waals surface area (Å²) >= 11 is 5.95. The third kappa shape index (κ3) is 4.34. The van der Waals surface area contributed by atoms with E-state index in [0.717, 1.165) is 24.4 Å². The molecule has 2 rings (SSSR count). The zero-order valence-electron chi connectivity index (χ0n) is 11.1.